The molecular formula is C44H32O. The number of rotatable bonds is 3. The van der Waals surface area contributed by atoms with Crippen LogP contribution in [0.1, 0.15) is 47.2 Å². The normalized spacial score (nSPS) is 15.0. The highest BCUT2D eigenvalue weighted by molar-refractivity contribution is 6.00. The first-order valence-corrected chi connectivity index (χ1v) is 15.8. The molecule has 0 aromatic heterocycles. The van der Waals surface area contributed by atoms with Gasteiger partial charge >= 0.3 is 0 Å². The molecule has 9 rings (SSSR count). The van der Waals surface area contributed by atoms with Crippen molar-refractivity contribution in [2.75, 3.05) is 0 Å². The molecule has 1 aliphatic heterocycles. The van der Waals surface area contributed by atoms with Crippen molar-refractivity contribution in [1.82, 2.24) is 0 Å². The van der Waals surface area contributed by atoms with E-state index in [0.717, 1.165) is 11.5 Å². The minimum absolute atomic E-state index is 0.177. The van der Waals surface area contributed by atoms with Gasteiger partial charge in [0.05, 0.1) is 5.41 Å². The van der Waals surface area contributed by atoms with Crippen molar-refractivity contribution in [3.05, 3.63) is 191 Å². The van der Waals surface area contributed by atoms with Crippen molar-refractivity contribution < 1.29 is 4.74 Å². The Bertz CT molecular complexity index is 2220. The lowest BCUT2D eigenvalue weighted by molar-refractivity contribution is 0.418. The fraction of sp³-hybridized carbons (Fsp3) is 0.0909. The van der Waals surface area contributed by atoms with Crippen LogP contribution in [0.15, 0.2) is 158 Å². The van der Waals surface area contributed by atoms with Gasteiger partial charge in [0.1, 0.15) is 11.5 Å². The van der Waals surface area contributed by atoms with E-state index in [-0.39, 0.29) is 5.41 Å². The van der Waals surface area contributed by atoms with Crippen LogP contribution in [-0.2, 0) is 10.8 Å². The van der Waals surface area contributed by atoms with E-state index < -0.39 is 5.41 Å². The van der Waals surface area contributed by atoms with Crippen LogP contribution in [0.25, 0.3) is 33.0 Å². The Morgan fingerprint density at radius 2 is 1.02 bits per heavy atom. The molecule has 0 amide bonds. The molecule has 7 aromatic rings. The summed E-state index contributed by atoms with van der Waals surface area (Å²) in [6.45, 7) is 4.61. The zero-order valence-corrected chi connectivity index (χ0v) is 25.4. The first kappa shape index (κ1) is 26.0. The van der Waals surface area contributed by atoms with Gasteiger partial charge in [-0.2, -0.15) is 0 Å². The average molecular weight is 577 g/mol. The topological polar surface area (TPSA) is 9.23 Å². The van der Waals surface area contributed by atoms with Gasteiger partial charge in [-0.3, -0.25) is 0 Å². The number of fused-ring (bicyclic) bond motifs is 7. The molecule has 0 bridgehead atoms. The fourth-order valence-electron chi connectivity index (χ4n) is 8.07. The van der Waals surface area contributed by atoms with E-state index in [2.05, 4.69) is 166 Å². The number of benzene rings is 7. The predicted octanol–water partition coefficient (Wildman–Crippen LogP) is 11.3. The second-order valence-corrected chi connectivity index (χ2v) is 12.9. The van der Waals surface area contributed by atoms with Gasteiger partial charge in [-0.15, -0.1) is 0 Å². The lowest BCUT2D eigenvalue weighted by Crippen LogP contribution is -2.28. The van der Waals surface area contributed by atoms with Gasteiger partial charge in [0.25, 0.3) is 0 Å². The Morgan fingerprint density at radius 3 is 1.78 bits per heavy atom. The molecule has 0 saturated carbocycles. The molecule has 0 fully saturated rings. The maximum atomic E-state index is 6.41. The molecule has 45 heavy (non-hydrogen) atoms. The van der Waals surface area contributed by atoms with E-state index in [1.54, 1.807) is 0 Å². The largest absolute Gasteiger partial charge is 0.457 e. The monoisotopic (exact) mass is 576 g/mol. The standard InChI is InChI=1S/C44H32O/c1-43(2)37-19-11-12-20-40(37)45-41-26-23-31(28-39(41)43)30-22-24-35-36-25-21-29-13-9-10-18-34(29)42(36)44(38(35)27-30,32-14-5-3-6-15-32)33-16-7-4-8-17-33/h3-28H,1-2H3. The van der Waals surface area contributed by atoms with Crippen molar-refractivity contribution in [2.24, 2.45) is 0 Å². The maximum absolute atomic E-state index is 6.41. The Morgan fingerprint density at radius 1 is 0.444 bits per heavy atom. The third kappa shape index (κ3) is 3.61. The maximum Gasteiger partial charge on any atom is 0.131 e. The van der Waals surface area contributed by atoms with Gasteiger partial charge in [-0.25, -0.2) is 0 Å². The third-order valence-electron chi connectivity index (χ3n) is 10.2. The number of ether oxygens (including phenoxy) is 1. The third-order valence-corrected chi connectivity index (χ3v) is 10.2. The Hall–Kier alpha value is -5.40. The zero-order chi connectivity index (χ0) is 30.2. The molecule has 1 heterocycles. The van der Waals surface area contributed by atoms with Crippen molar-refractivity contribution in [3.63, 3.8) is 0 Å². The van der Waals surface area contributed by atoms with Gasteiger partial charge in [0, 0.05) is 16.5 Å². The van der Waals surface area contributed by atoms with Gasteiger partial charge in [-0.1, -0.05) is 147 Å². The summed E-state index contributed by atoms with van der Waals surface area (Å²) in [7, 11) is 0. The summed E-state index contributed by atoms with van der Waals surface area (Å²) >= 11 is 0. The van der Waals surface area contributed by atoms with Crippen LogP contribution in [0.3, 0.4) is 0 Å². The number of hydrogen-bond acceptors (Lipinski definition) is 1. The first-order valence-electron chi connectivity index (χ1n) is 15.8. The molecule has 0 atom stereocenters. The molecule has 0 spiro atoms. The lowest BCUT2D eigenvalue weighted by atomic mass is 9.66. The van der Waals surface area contributed by atoms with Gasteiger partial charge in [0.2, 0.25) is 0 Å². The van der Waals surface area contributed by atoms with Crippen LogP contribution in [0.2, 0.25) is 0 Å². The SMILES string of the molecule is CC1(C)c2ccccc2Oc2ccc(-c3ccc4c(c3)C(c3ccccc3)(c3ccccc3)c3c-4ccc4ccccc34)cc21. The quantitative estimate of drug-likeness (QED) is 0.203. The van der Waals surface area contributed by atoms with Crippen LogP contribution in [0.4, 0.5) is 0 Å². The summed E-state index contributed by atoms with van der Waals surface area (Å²) in [5, 5.41) is 2.56. The molecular weight excluding hydrogens is 544 g/mol. The Balaban J connectivity index is 1.32. The highest BCUT2D eigenvalue weighted by Gasteiger charge is 2.47. The summed E-state index contributed by atoms with van der Waals surface area (Å²) in [6.07, 6.45) is 0. The molecule has 7 aromatic carbocycles. The summed E-state index contributed by atoms with van der Waals surface area (Å²) in [4.78, 5) is 0. The Kier molecular flexibility index (Phi) is 5.53. The average Bonchev–Trinajstić information content (AvgIpc) is 3.40. The van der Waals surface area contributed by atoms with Gasteiger partial charge < -0.3 is 4.74 Å². The van der Waals surface area contributed by atoms with Crippen LogP contribution in [0, 0.1) is 0 Å². The molecule has 214 valence electrons. The highest BCUT2D eigenvalue weighted by Crippen LogP contribution is 2.59. The molecule has 1 aliphatic carbocycles. The van der Waals surface area contributed by atoms with E-state index in [4.69, 9.17) is 4.74 Å². The molecule has 0 unspecified atom stereocenters. The number of para-hydroxylation sites is 1. The lowest BCUT2D eigenvalue weighted by Gasteiger charge is -2.35. The van der Waals surface area contributed by atoms with Gasteiger partial charge in [0.15, 0.2) is 0 Å². The van der Waals surface area contributed by atoms with Crippen LogP contribution in [-0.4, -0.2) is 0 Å². The molecule has 0 saturated heterocycles. The van der Waals surface area contributed by atoms with Crippen molar-refractivity contribution in [3.8, 4) is 33.8 Å². The highest BCUT2D eigenvalue weighted by atomic mass is 16.5. The Labute approximate surface area is 264 Å². The van der Waals surface area contributed by atoms with E-state index in [1.165, 1.54) is 66.4 Å². The summed E-state index contributed by atoms with van der Waals surface area (Å²) in [5.74, 6) is 1.88. The summed E-state index contributed by atoms with van der Waals surface area (Å²) in [6, 6.07) is 57.8. The summed E-state index contributed by atoms with van der Waals surface area (Å²) in [5.41, 5.74) is 12.0. The predicted molar refractivity (Wildman–Crippen MR) is 185 cm³/mol. The zero-order valence-electron chi connectivity index (χ0n) is 25.4. The molecule has 2 aliphatic rings. The van der Waals surface area contributed by atoms with E-state index in [0.29, 0.717) is 0 Å². The van der Waals surface area contributed by atoms with Crippen LogP contribution < -0.4 is 4.74 Å². The van der Waals surface area contributed by atoms with Gasteiger partial charge in [-0.05, 0) is 79.5 Å². The second-order valence-electron chi connectivity index (χ2n) is 12.9. The molecule has 1 nitrogen and oxygen atoms in total. The van der Waals surface area contributed by atoms with Crippen molar-refractivity contribution >= 4 is 10.8 Å². The molecule has 0 radical (unpaired) electrons. The van der Waals surface area contributed by atoms with E-state index in [1.807, 2.05) is 6.07 Å². The van der Waals surface area contributed by atoms with E-state index >= 15 is 0 Å². The molecule has 0 N–H and O–H groups in total. The van der Waals surface area contributed by atoms with Crippen molar-refractivity contribution in [1.29, 1.82) is 0 Å². The fourth-order valence-corrected chi connectivity index (χ4v) is 8.07. The van der Waals surface area contributed by atoms with E-state index in [9.17, 15) is 0 Å². The minimum atomic E-state index is -0.473. The summed E-state index contributed by atoms with van der Waals surface area (Å²) < 4.78 is 6.41. The van der Waals surface area contributed by atoms with Crippen LogP contribution >= 0.6 is 0 Å². The minimum Gasteiger partial charge on any atom is -0.457 e. The second kappa shape index (κ2) is 9.55. The van der Waals surface area contributed by atoms with Crippen molar-refractivity contribution in [2.45, 2.75) is 24.7 Å². The first-order chi connectivity index (χ1) is 22.1. The number of hydrogen-bond donors (Lipinski definition) is 0. The smallest absolute Gasteiger partial charge is 0.131 e. The van der Waals surface area contributed by atoms with Crippen LogP contribution in [0.5, 0.6) is 11.5 Å². The molecule has 1 heteroatoms.